The highest BCUT2D eigenvalue weighted by Crippen LogP contribution is 2.39. The molecule has 15 heteroatoms. The SMILES string of the molecule is Cc1cc(-n2nnnc2C2CCN(C(=O)[C@@H]3CN(C(C)(C)C)C[C@H]3c3ccc(F)cc3F)CC2)ccc1Cl.O=C(O)C(F)(F)F. The van der Waals surface area contributed by atoms with E-state index in [1.807, 2.05) is 30.0 Å². The van der Waals surface area contributed by atoms with E-state index in [1.54, 1.807) is 4.68 Å². The van der Waals surface area contributed by atoms with Crippen LogP contribution in [0.4, 0.5) is 22.0 Å². The second-order valence-corrected chi connectivity index (χ2v) is 12.6. The minimum absolute atomic E-state index is 0.0249. The monoisotopic (exact) mass is 656 g/mol. The molecule has 2 atom stereocenters. The van der Waals surface area contributed by atoms with Crippen LogP contribution in [0.15, 0.2) is 36.4 Å². The molecule has 45 heavy (non-hydrogen) atoms. The molecule has 1 N–H and O–H groups in total. The summed E-state index contributed by atoms with van der Waals surface area (Å²) >= 11 is 6.19. The van der Waals surface area contributed by atoms with E-state index in [0.717, 1.165) is 36.0 Å². The predicted octanol–water partition coefficient (Wildman–Crippen LogP) is 5.76. The number of carboxylic acid groups (broad SMARTS) is 1. The number of rotatable bonds is 4. The molecule has 5 rings (SSSR count). The van der Waals surface area contributed by atoms with Crippen molar-refractivity contribution < 1.29 is 36.6 Å². The summed E-state index contributed by atoms with van der Waals surface area (Å²) in [6.45, 7) is 10.4. The minimum atomic E-state index is -5.08. The zero-order valence-electron chi connectivity index (χ0n) is 25.2. The molecule has 0 saturated carbocycles. The number of halogens is 6. The molecule has 3 heterocycles. The van der Waals surface area contributed by atoms with Gasteiger partial charge in [-0.25, -0.2) is 13.6 Å². The topological polar surface area (TPSA) is 104 Å². The van der Waals surface area contributed by atoms with Gasteiger partial charge in [0, 0.05) is 54.6 Å². The van der Waals surface area contributed by atoms with E-state index in [9.17, 15) is 26.7 Å². The number of amides is 1. The zero-order valence-corrected chi connectivity index (χ0v) is 25.9. The molecule has 2 fully saturated rings. The van der Waals surface area contributed by atoms with E-state index >= 15 is 0 Å². The predicted molar refractivity (Wildman–Crippen MR) is 155 cm³/mol. The van der Waals surface area contributed by atoms with Gasteiger partial charge in [-0.3, -0.25) is 9.69 Å². The third-order valence-electron chi connectivity index (χ3n) is 8.24. The Morgan fingerprint density at radius 3 is 2.20 bits per heavy atom. The summed E-state index contributed by atoms with van der Waals surface area (Å²) in [7, 11) is 0. The molecule has 2 aliphatic heterocycles. The highest BCUT2D eigenvalue weighted by atomic mass is 35.5. The average Bonchev–Trinajstić information content (AvgIpc) is 3.62. The van der Waals surface area contributed by atoms with Crippen LogP contribution in [0.2, 0.25) is 5.02 Å². The molecular weight excluding hydrogens is 623 g/mol. The number of hydrogen-bond acceptors (Lipinski definition) is 6. The van der Waals surface area contributed by atoms with Gasteiger partial charge in [-0.15, -0.1) is 5.10 Å². The first-order chi connectivity index (χ1) is 21.0. The van der Waals surface area contributed by atoms with Gasteiger partial charge in [0.1, 0.15) is 11.6 Å². The van der Waals surface area contributed by atoms with Gasteiger partial charge in [0.2, 0.25) is 5.91 Å². The van der Waals surface area contributed by atoms with Crippen LogP contribution >= 0.6 is 11.6 Å². The van der Waals surface area contributed by atoms with E-state index in [0.29, 0.717) is 36.8 Å². The smallest absolute Gasteiger partial charge is 0.475 e. The van der Waals surface area contributed by atoms with E-state index in [-0.39, 0.29) is 23.3 Å². The molecule has 1 aromatic heterocycles. The fourth-order valence-corrected chi connectivity index (χ4v) is 5.82. The summed E-state index contributed by atoms with van der Waals surface area (Å²) in [5, 5.41) is 20.2. The van der Waals surface area contributed by atoms with Crippen molar-refractivity contribution in [3.8, 4) is 5.69 Å². The Morgan fingerprint density at radius 2 is 1.64 bits per heavy atom. The fourth-order valence-electron chi connectivity index (χ4n) is 5.70. The number of aromatic nitrogens is 4. The first-order valence-corrected chi connectivity index (χ1v) is 14.7. The number of aliphatic carboxylic acids is 1. The molecule has 9 nitrogen and oxygen atoms in total. The van der Waals surface area contributed by atoms with E-state index in [2.05, 4.69) is 41.2 Å². The second-order valence-electron chi connectivity index (χ2n) is 12.2. The molecule has 0 radical (unpaired) electrons. The number of piperidine rings is 1. The summed E-state index contributed by atoms with van der Waals surface area (Å²) in [6, 6.07) is 9.36. The molecule has 2 saturated heterocycles. The number of carboxylic acids is 1. The van der Waals surface area contributed by atoms with Crippen molar-refractivity contribution in [2.75, 3.05) is 26.2 Å². The van der Waals surface area contributed by atoms with Gasteiger partial charge in [0.25, 0.3) is 0 Å². The van der Waals surface area contributed by atoms with Crippen LogP contribution in [0.5, 0.6) is 0 Å². The van der Waals surface area contributed by atoms with E-state index in [1.165, 1.54) is 12.1 Å². The average molecular weight is 657 g/mol. The van der Waals surface area contributed by atoms with E-state index < -0.39 is 29.7 Å². The molecule has 244 valence electrons. The van der Waals surface area contributed by atoms with Gasteiger partial charge in [-0.05, 0) is 86.4 Å². The molecule has 3 aromatic rings. The third-order valence-corrected chi connectivity index (χ3v) is 8.67. The van der Waals surface area contributed by atoms with Crippen LogP contribution in [-0.4, -0.2) is 84.9 Å². The Hall–Kier alpha value is -3.65. The lowest BCUT2D eigenvalue weighted by Crippen LogP contribution is -2.44. The molecule has 0 aliphatic carbocycles. The number of nitrogens with zero attached hydrogens (tertiary/aromatic N) is 6. The van der Waals surface area contributed by atoms with Gasteiger partial charge >= 0.3 is 12.1 Å². The highest BCUT2D eigenvalue weighted by Gasteiger charge is 2.45. The van der Waals surface area contributed by atoms with Crippen molar-refractivity contribution in [2.45, 2.75) is 64.1 Å². The Kier molecular flexibility index (Phi) is 10.2. The molecule has 2 aliphatic rings. The summed E-state index contributed by atoms with van der Waals surface area (Å²) < 4.78 is 61.9. The van der Waals surface area contributed by atoms with Crippen LogP contribution in [0.25, 0.3) is 5.69 Å². The molecule has 0 spiro atoms. The Bertz CT molecular complexity index is 1530. The van der Waals surface area contributed by atoms with Crippen LogP contribution in [0, 0.1) is 24.5 Å². The van der Waals surface area contributed by atoms with Crippen LogP contribution < -0.4 is 0 Å². The third kappa shape index (κ3) is 7.96. The molecule has 2 aromatic carbocycles. The first kappa shape index (κ1) is 34.2. The van der Waals surface area contributed by atoms with Gasteiger partial charge in [0.15, 0.2) is 5.82 Å². The summed E-state index contributed by atoms with van der Waals surface area (Å²) in [4.78, 5) is 26.8. The lowest BCUT2D eigenvalue weighted by molar-refractivity contribution is -0.192. The molecular formula is C30H34ClF5N6O3. The number of likely N-dealkylation sites (tertiary alicyclic amines) is 2. The van der Waals surface area contributed by atoms with Crippen molar-refractivity contribution in [1.29, 1.82) is 0 Å². The van der Waals surface area contributed by atoms with Gasteiger partial charge in [0.05, 0.1) is 11.6 Å². The number of hydrogen-bond donors (Lipinski definition) is 1. The maximum Gasteiger partial charge on any atom is 0.490 e. The minimum Gasteiger partial charge on any atom is -0.475 e. The highest BCUT2D eigenvalue weighted by molar-refractivity contribution is 6.31. The number of aryl methyl sites for hydroxylation is 1. The largest absolute Gasteiger partial charge is 0.490 e. The normalized spacial score (nSPS) is 19.7. The Labute approximate surface area is 261 Å². The van der Waals surface area contributed by atoms with Crippen LogP contribution in [0.1, 0.15) is 62.4 Å². The number of tetrazole rings is 1. The van der Waals surface area contributed by atoms with Crippen LogP contribution in [0.3, 0.4) is 0 Å². The van der Waals surface area contributed by atoms with Crippen molar-refractivity contribution in [3.05, 3.63) is 70.0 Å². The lowest BCUT2D eigenvalue weighted by atomic mass is 9.86. The second kappa shape index (κ2) is 13.4. The fraction of sp³-hybridized carbons (Fsp3) is 0.500. The first-order valence-electron chi connectivity index (χ1n) is 14.3. The summed E-state index contributed by atoms with van der Waals surface area (Å²) in [5.41, 5.74) is 2.03. The lowest BCUT2D eigenvalue weighted by Gasteiger charge is -2.34. The molecule has 1 amide bonds. The van der Waals surface area contributed by atoms with Gasteiger partial charge < -0.3 is 10.0 Å². The maximum absolute atomic E-state index is 14.8. The van der Waals surface area contributed by atoms with Crippen molar-refractivity contribution in [2.24, 2.45) is 5.92 Å². The van der Waals surface area contributed by atoms with Crippen molar-refractivity contribution in [3.63, 3.8) is 0 Å². The Balaban J connectivity index is 0.000000591. The van der Waals surface area contributed by atoms with E-state index in [4.69, 9.17) is 21.5 Å². The molecule has 0 bridgehead atoms. The quantitative estimate of drug-likeness (QED) is 0.357. The van der Waals surface area contributed by atoms with Crippen LogP contribution in [-0.2, 0) is 9.59 Å². The van der Waals surface area contributed by atoms with Crippen molar-refractivity contribution >= 4 is 23.5 Å². The number of carbonyl (C=O) groups excluding carboxylic acids is 1. The standard InChI is InChI=1S/C28H33ClF2N6O.C2HF3O2/c1-17-13-20(6-8-24(17)29)37-26(32-33-34-37)18-9-11-35(12-10-18)27(38)23-16-36(28(2,3)4)15-22(23)21-7-5-19(30)14-25(21)31;3-2(4,5)1(6)7/h5-8,13-14,18,22-23H,9-12,15-16H2,1-4H3;(H,6,7)/t22-,23+;/m0./s1. The zero-order chi connectivity index (χ0) is 33.3. The summed E-state index contributed by atoms with van der Waals surface area (Å²) in [5.74, 6) is -3.79. The van der Waals surface area contributed by atoms with Crippen molar-refractivity contribution in [1.82, 2.24) is 30.0 Å². The number of benzene rings is 2. The number of carbonyl (C=O) groups is 2. The van der Waals surface area contributed by atoms with Gasteiger partial charge in [-0.1, -0.05) is 17.7 Å². The molecule has 0 unspecified atom stereocenters. The number of alkyl halides is 3. The summed E-state index contributed by atoms with van der Waals surface area (Å²) in [6.07, 6.45) is -3.63. The Morgan fingerprint density at radius 1 is 1.00 bits per heavy atom. The van der Waals surface area contributed by atoms with Gasteiger partial charge in [-0.2, -0.15) is 17.9 Å². The maximum atomic E-state index is 14.8.